The standard InChI is InChI=1S/C9H12ClNO.ClH/c1-8(10)4-5-11-7-9-3-2-6-12-9;/h2-4,6,11H,5,7H2,1H3;1H. The van der Waals surface area contributed by atoms with E-state index in [2.05, 4.69) is 5.32 Å². The fourth-order valence-electron chi connectivity index (χ4n) is 0.821. The summed E-state index contributed by atoms with van der Waals surface area (Å²) in [5.74, 6) is 0.940. The first-order chi connectivity index (χ1) is 5.79. The minimum atomic E-state index is 0. The summed E-state index contributed by atoms with van der Waals surface area (Å²) in [4.78, 5) is 0. The quantitative estimate of drug-likeness (QED) is 0.792. The average Bonchev–Trinajstić information content (AvgIpc) is 2.49. The van der Waals surface area contributed by atoms with E-state index >= 15 is 0 Å². The number of rotatable bonds is 4. The van der Waals surface area contributed by atoms with Crippen LogP contribution >= 0.6 is 24.0 Å². The lowest BCUT2D eigenvalue weighted by atomic mass is 10.4. The van der Waals surface area contributed by atoms with Crippen LogP contribution in [0.2, 0.25) is 0 Å². The van der Waals surface area contributed by atoms with Gasteiger partial charge >= 0.3 is 0 Å². The fraction of sp³-hybridized carbons (Fsp3) is 0.333. The molecule has 0 unspecified atom stereocenters. The molecule has 0 radical (unpaired) electrons. The van der Waals surface area contributed by atoms with Crippen molar-refractivity contribution < 1.29 is 4.42 Å². The minimum absolute atomic E-state index is 0. The smallest absolute Gasteiger partial charge is 0.117 e. The van der Waals surface area contributed by atoms with Crippen LogP contribution in [-0.4, -0.2) is 6.54 Å². The molecule has 0 bridgehead atoms. The van der Waals surface area contributed by atoms with Crippen molar-refractivity contribution in [2.75, 3.05) is 6.54 Å². The van der Waals surface area contributed by atoms with Gasteiger partial charge in [0.25, 0.3) is 0 Å². The highest BCUT2D eigenvalue weighted by atomic mass is 35.5. The van der Waals surface area contributed by atoms with Crippen LogP contribution in [0, 0.1) is 0 Å². The second kappa shape index (κ2) is 7.01. The Bertz CT molecular complexity index is 240. The lowest BCUT2D eigenvalue weighted by Gasteiger charge is -1.97. The lowest BCUT2D eigenvalue weighted by molar-refractivity contribution is 0.490. The van der Waals surface area contributed by atoms with E-state index in [4.69, 9.17) is 16.0 Å². The monoisotopic (exact) mass is 221 g/mol. The van der Waals surface area contributed by atoms with E-state index in [0.717, 1.165) is 23.9 Å². The number of allylic oxidation sites excluding steroid dienone is 1. The van der Waals surface area contributed by atoms with Crippen molar-refractivity contribution in [1.82, 2.24) is 5.32 Å². The van der Waals surface area contributed by atoms with Gasteiger partial charge in [-0.15, -0.1) is 12.4 Å². The molecule has 1 N–H and O–H groups in total. The third-order valence-corrected chi connectivity index (χ3v) is 1.56. The number of hydrogen-bond donors (Lipinski definition) is 1. The SMILES string of the molecule is CC(Cl)=CCNCc1ccco1.Cl. The van der Waals surface area contributed by atoms with Gasteiger partial charge in [-0.05, 0) is 19.1 Å². The van der Waals surface area contributed by atoms with Crippen LogP contribution in [0.3, 0.4) is 0 Å². The van der Waals surface area contributed by atoms with Crippen LogP contribution in [0.5, 0.6) is 0 Å². The van der Waals surface area contributed by atoms with E-state index in [1.165, 1.54) is 0 Å². The molecule has 1 aromatic rings. The predicted octanol–water partition coefficient (Wildman–Crippen LogP) is 2.93. The maximum Gasteiger partial charge on any atom is 0.117 e. The van der Waals surface area contributed by atoms with Gasteiger partial charge in [0.1, 0.15) is 5.76 Å². The Kier molecular flexibility index (Phi) is 6.77. The molecule has 0 saturated carbocycles. The molecule has 0 atom stereocenters. The van der Waals surface area contributed by atoms with Gasteiger partial charge in [-0.3, -0.25) is 0 Å². The van der Waals surface area contributed by atoms with Gasteiger partial charge in [0.05, 0.1) is 12.8 Å². The topological polar surface area (TPSA) is 25.2 Å². The minimum Gasteiger partial charge on any atom is -0.468 e. The van der Waals surface area contributed by atoms with Crippen molar-refractivity contribution in [2.24, 2.45) is 0 Å². The molecular formula is C9H13Cl2NO. The highest BCUT2D eigenvalue weighted by molar-refractivity contribution is 6.29. The normalized spacial score (nSPS) is 11.1. The lowest BCUT2D eigenvalue weighted by Crippen LogP contribution is -2.12. The first kappa shape index (κ1) is 12.6. The number of furan rings is 1. The van der Waals surface area contributed by atoms with Crippen molar-refractivity contribution in [3.63, 3.8) is 0 Å². The average molecular weight is 222 g/mol. The van der Waals surface area contributed by atoms with E-state index in [1.807, 2.05) is 25.1 Å². The molecule has 0 fully saturated rings. The summed E-state index contributed by atoms with van der Waals surface area (Å²) in [5.41, 5.74) is 0. The van der Waals surface area contributed by atoms with Gasteiger partial charge in [0.2, 0.25) is 0 Å². The molecule has 1 heterocycles. The van der Waals surface area contributed by atoms with Crippen molar-refractivity contribution in [3.05, 3.63) is 35.3 Å². The molecule has 13 heavy (non-hydrogen) atoms. The molecule has 0 aliphatic rings. The van der Waals surface area contributed by atoms with Gasteiger partial charge in [-0.2, -0.15) is 0 Å². The van der Waals surface area contributed by atoms with E-state index in [9.17, 15) is 0 Å². The first-order valence-electron chi connectivity index (χ1n) is 3.84. The molecule has 0 amide bonds. The summed E-state index contributed by atoms with van der Waals surface area (Å²) in [6.07, 6.45) is 3.59. The highest BCUT2D eigenvalue weighted by Crippen LogP contribution is 1.99. The zero-order valence-electron chi connectivity index (χ0n) is 7.42. The largest absolute Gasteiger partial charge is 0.468 e. The Labute approximate surface area is 89.4 Å². The molecule has 1 rings (SSSR count). The highest BCUT2D eigenvalue weighted by Gasteiger charge is 1.91. The van der Waals surface area contributed by atoms with Crippen molar-refractivity contribution in [3.8, 4) is 0 Å². The second-order valence-electron chi connectivity index (χ2n) is 2.50. The van der Waals surface area contributed by atoms with Crippen molar-refractivity contribution >= 4 is 24.0 Å². The summed E-state index contributed by atoms with van der Waals surface area (Å²) in [6.45, 7) is 3.37. The molecule has 2 nitrogen and oxygen atoms in total. The maximum atomic E-state index is 5.64. The molecule has 0 saturated heterocycles. The molecular weight excluding hydrogens is 209 g/mol. The molecule has 0 aliphatic heterocycles. The van der Waals surface area contributed by atoms with Crippen LogP contribution in [0.25, 0.3) is 0 Å². The summed E-state index contributed by atoms with van der Waals surface area (Å²) in [5, 5.41) is 3.97. The molecule has 74 valence electrons. The first-order valence-corrected chi connectivity index (χ1v) is 4.22. The number of hydrogen-bond acceptors (Lipinski definition) is 2. The van der Waals surface area contributed by atoms with E-state index in [-0.39, 0.29) is 12.4 Å². The van der Waals surface area contributed by atoms with Gasteiger partial charge in [-0.25, -0.2) is 0 Å². The van der Waals surface area contributed by atoms with Crippen LogP contribution in [0.15, 0.2) is 33.9 Å². The van der Waals surface area contributed by atoms with Gasteiger partial charge in [-0.1, -0.05) is 17.7 Å². The van der Waals surface area contributed by atoms with Crippen LogP contribution < -0.4 is 5.32 Å². The van der Waals surface area contributed by atoms with Crippen LogP contribution in [0.1, 0.15) is 12.7 Å². The Hall–Kier alpha value is -0.440. The molecule has 1 aromatic heterocycles. The summed E-state index contributed by atoms with van der Waals surface area (Å²) < 4.78 is 5.12. The third kappa shape index (κ3) is 5.75. The Balaban J connectivity index is 0.00000144. The van der Waals surface area contributed by atoms with Gasteiger partial charge in [0, 0.05) is 11.6 Å². The van der Waals surface area contributed by atoms with Crippen molar-refractivity contribution in [2.45, 2.75) is 13.5 Å². The molecule has 0 aromatic carbocycles. The number of nitrogens with one attached hydrogen (secondary N) is 1. The van der Waals surface area contributed by atoms with E-state index in [1.54, 1.807) is 6.26 Å². The van der Waals surface area contributed by atoms with Crippen LogP contribution in [0.4, 0.5) is 0 Å². The molecule has 0 spiro atoms. The number of halogens is 2. The maximum absolute atomic E-state index is 5.64. The molecule has 4 heteroatoms. The Morgan fingerprint density at radius 1 is 1.69 bits per heavy atom. The predicted molar refractivity (Wildman–Crippen MR) is 57.3 cm³/mol. The second-order valence-corrected chi connectivity index (χ2v) is 3.10. The Morgan fingerprint density at radius 3 is 3.00 bits per heavy atom. The van der Waals surface area contributed by atoms with E-state index in [0.29, 0.717) is 0 Å². The molecule has 0 aliphatic carbocycles. The van der Waals surface area contributed by atoms with Gasteiger partial charge < -0.3 is 9.73 Å². The van der Waals surface area contributed by atoms with Crippen LogP contribution in [-0.2, 0) is 6.54 Å². The fourth-order valence-corrected chi connectivity index (χ4v) is 0.898. The van der Waals surface area contributed by atoms with E-state index < -0.39 is 0 Å². The Morgan fingerprint density at radius 2 is 2.46 bits per heavy atom. The zero-order chi connectivity index (χ0) is 8.81. The summed E-state index contributed by atoms with van der Waals surface area (Å²) in [7, 11) is 0. The van der Waals surface area contributed by atoms with Gasteiger partial charge in [0.15, 0.2) is 0 Å². The summed E-state index contributed by atoms with van der Waals surface area (Å²) >= 11 is 5.64. The summed E-state index contributed by atoms with van der Waals surface area (Å²) in [6, 6.07) is 3.81. The van der Waals surface area contributed by atoms with Crippen molar-refractivity contribution in [1.29, 1.82) is 0 Å². The third-order valence-electron chi connectivity index (χ3n) is 1.41. The zero-order valence-corrected chi connectivity index (χ0v) is 8.99.